The van der Waals surface area contributed by atoms with E-state index in [1.165, 1.54) is 5.69 Å². The first-order valence-corrected chi connectivity index (χ1v) is 11.3. The summed E-state index contributed by atoms with van der Waals surface area (Å²) in [5, 5.41) is 2.13. The summed E-state index contributed by atoms with van der Waals surface area (Å²) >= 11 is 1.68. The predicted octanol–water partition coefficient (Wildman–Crippen LogP) is 3.59. The van der Waals surface area contributed by atoms with Gasteiger partial charge in [0.2, 0.25) is 10.0 Å². The van der Waals surface area contributed by atoms with E-state index in [0.29, 0.717) is 23.7 Å². The van der Waals surface area contributed by atoms with Crippen molar-refractivity contribution in [3.8, 4) is 5.75 Å². The number of hydrogen-bond acceptors (Lipinski definition) is 5. The van der Waals surface area contributed by atoms with Crippen LogP contribution in [0, 0.1) is 13.8 Å². The third-order valence-electron chi connectivity index (χ3n) is 5.19. The molecular formula is C19H23N3O3S2. The van der Waals surface area contributed by atoms with Gasteiger partial charge in [0.15, 0.2) is 0 Å². The van der Waals surface area contributed by atoms with Crippen molar-refractivity contribution in [3.63, 3.8) is 0 Å². The van der Waals surface area contributed by atoms with Crippen molar-refractivity contribution < 1.29 is 13.2 Å². The molecule has 3 aromatic rings. The maximum absolute atomic E-state index is 13.1. The highest BCUT2D eigenvalue weighted by Gasteiger charge is 2.33. The van der Waals surface area contributed by atoms with E-state index in [0.717, 1.165) is 29.2 Å². The third-order valence-corrected chi connectivity index (χ3v) is 8.14. The van der Waals surface area contributed by atoms with Crippen LogP contribution in [0.15, 0.2) is 34.5 Å². The Kier molecular flexibility index (Phi) is 4.73. The smallest absolute Gasteiger partial charge is 0.243 e. The van der Waals surface area contributed by atoms with E-state index in [1.54, 1.807) is 47.0 Å². The number of hydrogen-bond donors (Lipinski definition) is 0. The summed E-state index contributed by atoms with van der Waals surface area (Å²) < 4.78 is 35.1. The fourth-order valence-corrected chi connectivity index (χ4v) is 6.43. The van der Waals surface area contributed by atoms with Crippen molar-refractivity contribution in [1.82, 2.24) is 13.7 Å². The van der Waals surface area contributed by atoms with Crippen LogP contribution in [0.1, 0.15) is 36.0 Å². The number of ether oxygens (including phenoxy) is 1. The molecule has 0 spiro atoms. The van der Waals surface area contributed by atoms with E-state index >= 15 is 0 Å². The lowest BCUT2D eigenvalue weighted by Gasteiger charge is -2.31. The summed E-state index contributed by atoms with van der Waals surface area (Å²) in [4.78, 5) is 6.23. The number of aryl methyl sites for hydroxylation is 2. The zero-order chi connectivity index (χ0) is 19.2. The fraction of sp³-hybridized carbons (Fsp3) is 0.421. The largest absolute Gasteiger partial charge is 0.497 e. The minimum absolute atomic E-state index is 0.119. The monoisotopic (exact) mass is 405 g/mol. The van der Waals surface area contributed by atoms with Crippen LogP contribution in [0.5, 0.6) is 5.75 Å². The Bertz CT molecular complexity index is 1070. The van der Waals surface area contributed by atoms with Gasteiger partial charge in [0.25, 0.3) is 0 Å². The number of benzene rings is 1. The van der Waals surface area contributed by atoms with Crippen molar-refractivity contribution in [1.29, 1.82) is 0 Å². The highest BCUT2D eigenvalue weighted by molar-refractivity contribution is 7.89. The normalized spacial score (nSPS) is 18.9. The lowest BCUT2D eigenvalue weighted by Crippen LogP contribution is -2.39. The van der Waals surface area contributed by atoms with Gasteiger partial charge in [-0.3, -0.25) is 4.40 Å². The van der Waals surface area contributed by atoms with Gasteiger partial charge < -0.3 is 4.74 Å². The first kappa shape index (κ1) is 18.5. The minimum atomic E-state index is -3.52. The molecule has 1 atom stereocenters. The van der Waals surface area contributed by atoms with Crippen molar-refractivity contribution in [2.75, 3.05) is 20.2 Å². The van der Waals surface area contributed by atoms with Gasteiger partial charge in [-0.15, -0.1) is 11.3 Å². The highest BCUT2D eigenvalue weighted by atomic mass is 32.2. The molecule has 1 aliphatic heterocycles. The van der Waals surface area contributed by atoms with E-state index in [1.807, 2.05) is 6.92 Å². The second kappa shape index (κ2) is 6.92. The molecule has 1 aliphatic rings. The van der Waals surface area contributed by atoms with E-state index in [9.17, 15) is 8.42 Å². The number of sulfonamides is 1. The molecular weight excluding hydrogens is 382 g/mol. The van der Waals surface area contributed by atoms with Gasteiger partial charge in [-0.1, -0.05) is 0 Å². The first-order chi connectivity index (χ1) is 12.9. The summed E-state index contributed by atoms with van der Waals surface area (Å²) in [6, 6.07) is 6.59. The Labute approximate surface area is 163 Å². The molecule has 1 fully saturated rings. The number of thiazole rings is 1. The molecule has 1 unspecified atom stereocenters. The number of imidazole rings is 1. The van der Waals surface area contributed by atoms with E-state index < -0.39 is 10.0 Å². The van der Waals surface area contributed by atoms with E-state index in [4.69, 9.17) is 9.72 Å². The molecule has 0 N–H and O–H groups in total. The Hall–Kier alpha value is -1.90. The van der Waals surface area contributed by atoms with Gasteiger partial charge in [-0.2, -0.15) is 4.31 Å². The lowest BCUT2D eigenvalue weighted by atomic mass is 9.97. The molecule has 3 heterocycles. The Morgan fingerprint density at radius 3 is 2.67 bits per heavy atom. The molecule has 144 valence electrons. The van der Waals surface area contributed by atoms with E-state index in [-0.39, 0.29) is 5.92 Å². The van der Waals surface area contributed by atoms with Crippen LogP contribution in [0.3, 0.4) is 0 Å². The summed E-state index contributed by atoms with van der Waals surface area (Å²) in [5.74, 6) is 1.73. The van der Waals surface area contributed by atoms with Crippen molar-refractivity contribution in [3.05, 3.63) is 46.9 Å². The number of methoxy groups -OCH3 is 1. The number of fused-ring (bicyclic) bond motifs is 1. The van der Waals surface area contributed by atoms with Gasteiger partial charge in [-0.25, -0.2) is 13.4 Å². The maximum atomic E-state index is 13.1. The Balaban J connectivity index is 1.63. The third kappa shape index (κ3) is 3.15. The summed E-state index contributed by atoms with van der Waals surface area (Å²) in [6.07, 6.45) is 1.79. The van der Waals surface area contributed by atoms with Crippen LogP contribution >= 0.6 is 11.3 Å². The minimum Gasteiger partial charge on any atom is -0.497 e. The van der Waals surface area contributed by atoms with Crippen LogP contribution in [0.4, 0.5) is 0 Å². The molecule has 0 amide bonds. The highest BCUT2D eigenvalue weighted by Crippen LogP contribution is 2.34. The Morgan fingerprint density at radius 2 is 1.96 bits per heavy atom. The molecule has 1 saturated heterocycles. The molecule has 0 saturated carbocycles. The van der Waals surface area contributed by atoms with Gasteiger partial charge in [0, 0.05) is 30.1 Å². The van der Waals surface area contributed by atoms with Crippen molar-refractivity contribution >= 4 is 26.2 Å². The second-order valence-electron chi connectivity index (χ2n) is 6.94. The molecule has 2 aromatic heterocycles. The molecule has 0 aliphatic carbocycles. The van der Waals surface area contributed by atoms with Crippen molar-refractivity contribution in [2.24, 2.45) is 0 Å². The van der Waals surface area contributed by atoms with Gasteiger partial charge in [-0.05, 0) is 51.0 Å². The molecule has 27 heavy (non-hydrogen) atoms. The van der Waals surface area contributed by atoms with Crippen LogP contribution in [-0.4, -0.2) is 42.3 Å². The van der Waals surface area contributed by atoms with E-state index in [2.05, 4.69) is 16.7 Å². The molecule has 4 rings (SSSR count). The fourth-order valence-electron chi connectivity index (χ4n) is 3.80. The zero-order valence-electron chi connectivity index (χ0n) is 15.7. The standard InChI is InChI=1S/C19H23N3O3S2/c1-13-12-26-19-18(20-14(2)22(13)19)15-5-4-10-21(11-15)27(23,24)17-8-6-16(25-3)7-9-17/h6-9,12,15H,4-5,10-11H2,1-3H3. The van der Waals surface area contributed by atoms with Gasteiger partial charge in [0.1, 0.15) is 16.4 Å². The van der Waals surface area contributed by atoms with Crippen LogP contribution in [-0.2, 0) is 10.0 Å². The topological polar surface area (TPSA) is 63.9 Å². The molecule has 1 aromatic carbocycles. The maximum Gasteiger partial charge on any atom is 0.243 e. The SMILES string of the molecule is COc1ccc(S(=O)(=O)N2CCCC(c3nc(C)n4c(C)csc34)C2)cc1. The average Bonchev–Trinajstić information content (AvgIpc) is 3.23. The quantitative estimate of drug-likeness (QED) is 0.665. The van der Waals surface area contributed by atoms with Crippen LogP contribution in [0.2, 0.25) is 0 Å². The summed E-state index contributed by atoms with van der Waals surface area (Å²) in [5.41, 5.74) is 2.20. The first-order valence-electron chi connectivity index (χ1n) is 8.99. The molecule has 0 bridgehead atoms. The number of nitrogens with zero attached hydrogens (tertiary/aromatic N) is 3. The number of aromatic nitrogens is 2. The zero-order valence-corrected chi connectivity index (χ0v) is 17.3. The van der Waals surface area contributed by atoms with Crippen LogP contribution < -0.4 is 4.74 Å². The molecule has 6 nitrogen and oxygen atoms in total. The lowest BCUT2D eigenvalue weighted by molar-refractivity contribution is 0.314. The summed E-state index contributed by atoms with van der Waals surface area (Å²) in [7, 11) is -1.95. The number of rotatable bonds is 4. The van der Waals surface area contributed by atoms with Gasteiger partial charge in [0.05, 0.1) is 17.7 Å². The van der Waals surface area contributed by atoms with Gasteiger partial charge >= 0.3 is 0 Å². The molecule has 0 radical (unpaired) electrons. The number of piperidine rings is 1. The second-order valence-corrected chi connectivity index (χ2v) is 9.74. The predicted molar refractivity (Wildman–Crippen MR) is 106 cm³/mol. The van der Waals surface area contributed by atoms with Crippen LogP contribution in [0.25, 0.3) is 4.83 Å². The van der Waals surface area contributed by atoms with Crippen molar-refractivity contribution in [2.45, 2.75) is 37.5 Å². The molecule has 8 heteroatoms. The average molecular weight is 406 g/mol. The summed E-state index contributed by atoms with van der Waals surface area (Å²) in [6.45, 7) is 5.09. The Morgan fingerprint density at radius 1 is 1.22 bits per heavy atom.